The van der Waals surface area contributed by atoms with Crippen LogP contribution < -0.4 is 4.90 Å². The molecule has 0 atom stereocenters. The molecular formula is C23H19N3O2. The maximum Gasteiger partial charge on any atom is 0.280 e. The Morgan fingerprint density at radius 1 is 0.929 bits per heavy atom. The Bertz CT molecular complexity index is 1030. The van der Waals surface area contributed by atoms with Crippen molar-refractivity contribution in [2.45, 2.75) is 6.42 Å². The zero-order valence-electron chi connectivity index (χ0n) is 15.2. The zero-order valence-corrected chi connectivity index (χ0v) is 15.2. The van der Waals surface area contributed by atoms with Crippen molar-refractivity contribution in [3.8, 4) is 11.3 Å². The van der Waals surface area contributed by atoms with Crippen LogP contribution in [0.3, 0.4) is 0 Å². The van der Waals surface area contributed by atoms with Crippen LogP contribution in [-0.2, 0) is 6.42 Å². The number of pyridine rings is 1. The van der Waals surface area contributed by atoms with E-state index in [-0.39, 0.29) is 11.6 Å². The minimum Gasteiger partial charge on any atom is -0.355 e. The second-order valence-electron chi connectivity index (χ2n) is 6.35. The maximum atomic E-state index is 13.2. The Morgan fingerprint density at radius 3 is 2.39 bits per heavy atom. The zero-order chi connectivity index (χ0) is 19.2. The Balaban J connectivity index is 1.59. The SMILES string of the molecule is O=C(c1cc(-c2cccnc2)on1)N(CCc1ccccc1)c1ccccc1. The van der Waals surface area contributed by atoms with Gasteiger partial charge in [-0.2, -0.15) is 0 Å². The molecule has 4 aromatic rings. The number of aromatic nitrogens is 2. The number of nitrogens with zero attached hydrogens (tertiary/aromatic N) is 3. The number of amides is 1. The lowest BCUT2D eigenvalue weighted by Gasteiger charge is -2.21. The fourth-order valence-electron chi connectivity index (χ4n) is 3.00. The minimum absolute atomic E-state index is 0.193. The highest BCUT2D eigenvalue weighted by molar-refractivity contribution is 6.05. The van der Waals surface area contributed by atoms with E-state index in [0.29, 0.717) is 12.3 Å². The molecule has 0 aliphatic rings. The van der Waals surface area contributed by atoms with E-state index in [0.717, 1.165) is 17.7 Å². The van der Waals surface area contributed by atoms with Gasteiger partial charge in [-0.3, -0.25) is 9.78 Å². The van der Waals surface area contributed by atoms with Crippen molar-refractivity contribution in [1.29, 1.82) is 0 Å². The van der Waals surface area contributed by atoms with Crippen LogP contribution in [-0.4, -0.2) is 22.6 Å². The molecule has 0 unspecified atom stereocenters. The summed E-state index contributed by atoms with van der Waals surface area (Å²) in [5.74, 6) is 0.327. The van der Waals surface area contributed by atoms with Crippen molar-refractivity contribution < 1.29 is 9.32 Å². The monoisotopic (exact) mass is 369 g/mol. The number of hydrogen-bond acceptors (Lipinski definition) is 4. The summed E-state index contributed by atoms with van der Waals surface area (Å²) in [4.78, 5) is 19.0. The van der Waals surface area contributed by atoms with Crippen molar-refractivity contribution >= 4 is 11.6 Å². The van der Waals surface area contributed by atoms with Gasteiger partial charge in [0.1, 0.15) is 0 Å². The number of rotatable bonds is 6. The van der Waals surface area contributed by atoms with Gasteiger partial charge >= 0.3 is 0 Å². The van der Waals surface area contributed by atoms with Gasteiger partial charge in [0.05, 0.1) is 0 Å². The summed E-state index contributed by atoms with van der Waals surface area (Å²) in [7, 11) is 0. The third kappa shape index (κ3) is 3.99. The molecule has 138 valence electrons. The number of carbonyl (C=O) groups is 1. The van der Waals surface area contributed by atoms with Crippen molar-refractivity contribution in [1.82, 2.24) is 10.1 Å². The summed E-state index contributed by atoms with van der Waals surface area (Å²) in [6.07, 6.45) is 4.11. The van der Waals surface area contributed by atoms with Crippen LogP contribution in [0, 0.1) is 0 Å². The van der Waals surface area contributed by atoms with Crippen LogP contribution in [0.25, 0.3) is 11.3 Å². The fraction of sp³-hybridized carbons (Fsp3) is 0.0870. The van der Waals surface area contributed by atoms with Gasteiger partial charge in [-0.1, -0.05) is 53.7 Å². The van der Waals surface area contributed by atoms with E-state index in [1.54, 1.807) is 23.4 Å². The van der Waals surface area contributed by atoms with Crippen LogP contribution in [0.2, 0.25) is 0 Å². The number of benzene rings is 2. The standard InChI is InChI=1S/C23H19N3O2/c27-23(21-16-22(28-25-21)19-10-7-14-24-17-19)26(20-11-5-2-6-12-20)15-13-18-8-3-1-4-9-18/h1-12,14,16-17H,13,15H2. The number of anilines is 1. The second-order valence-corrected chi connectivity index (χ2v) is 6.35. The molecule has 4 rings (SSSR count). The third-order valence-corrected chi connectivity index (χ3v) is 4.46. The number of carbonyl (C=O) groups excluding carboxylic acids is 1. The molecule has 28 heavy (non-hydrogen) atoms. The van der Waals surface area contributed by atoms with Crippen LogP contribution in [0.15, 0.2) is 95.8 Å². The van der Waals surface area contributed by atoms with Crippen molar-refractivity contribution in [2.24, 2.45) is 0 Å². The summed E-state index contributed by atoms with van der Waals surface area (Å²) in [5.41, 5.74) is 3.06. The molecule has 0 spiro atoms. The molecule has 0 bridgehead atoms. The van der Waals surface area contributed by atoms with E-state index in [9.17, 15) is 4.79 Å². The molecule has 0 fully saturated rings. The molecule has 0 radical (unpaired) electrons. The van der Waals surface area contributed by atoms with Gasteiger partial charge in [0.25, 0.3) is 5.91 Å². The van der Waals surface area contributed by atoms with Gasteiger partial charge in [0.2, 0.25) is 0 Å². The maximum absolute atomic E-state index is 13.2. The van der Waals surface area contributed by atoms with E-state index in [1.807, 2.05) is 60.7 Å². The van der Waals surface area contributed by atoms with E-state index < -0.39 is 0 Å². The van der Waals surface area contributed by atoms with Gasteiger partial charge < -0.3 is 9.42 Å². The first kappa shape index (κ1) is 17.7. The van der Waals surface area contributed by atoms with Crippen LogP contribution in [0.1, 0.15) is 16.1 Å². The van der Waals surface area contributed by atoms with Gasteiger partial charge in [-0.15, -0.1) is 0 Å². The van der Waals surface area contributed by atoms with Crippen molar-refractivity contribution in [3.05, 3.63) is 103 Å². The van der Waals surface area contributed by atoms with Crippen molar-refractivity contribution in [2.75, 3.05) is 11.4 Å². The number of para-hydroxylation sites is 1. The third-order valence-electron chi connectivity index (χ3n) is 4.46. The first-order valence-corrected chi connectivity index (χ1v) is 9.09. The molecule has 0 saturated carbocycles. The minimum atomic E-state index is -0.193. The predicted molar refractivity (Wildman–Crippen MR) is 108 cm³/mol. The van der Waals surface area contributed by atoms with E-state index in [1.165, 1.54) is 5.56 Å². The van der Waals surface area contributed by atoms with E-state index >= 15 is 0 Å². The Hall–Kier alpha value is -3.73. The Kier molecular flexibility index (Phi) is 5.24. The van der Waals surface area contributed by atoms with Crippen LogP contribution >= 0.6 is 0 Å². The number of hydrogen-bond donors (Lipinski definition) is 0. The molecule has 2 aromatic carbocycles. The normalized spacial score (nSPS) is 10.6. The Labute approximate surface area is 163 Å². The van der Waals surface area contributed by atoms with Gasteiger partial charge in [-0.25, -0.2) is 0 Å². The van der Waals surface area contributed by atoms with Gasteiger partial charge in [0.15, 0.2) is 11.5 Å². The van der Waals surface area contributed by atoms with Crippen LogP contribution in [0.5, 0.6) is 0 Å². The second kappa shape index (κ2) is 8.31. The summed E-state index contributed by atoms with van der Waals surface area (Å²) >= 11 is 0. The first-order valence-electron chi connectivity index (χ1n) is 9.09. The molecule has 0 aliphatic heterocycles. The molecule has 2 aromatic heterocycles. The predicted octanol–water partition coefficient (Wildman–Crippen LogP) is 4.63. The molecule has 0 aliphatic carbocycles. The Morgan fingerprint density at radius 2 is 1.68 bits per heavy atom. The molecular weight excluding hydrogens is 350 g/mol. The first-order chi connectivity index (χ1) is 13.8. The lowest BCUT2D eigenvalue weighted by atomic mass is 10.1. The molecule has 0 saturated heterocycles. The van der Waals surface area contributed by atoms with Crippen LogP contribution in [0.4, 0.5) is 5.69 Å². The largest absolute Gasteiger partial charge is 0.355 e. The summed E-state index contributed by atoms with van der Waals surface area (Å²) in [5, 5.41) is 4.00. The van der Waals surface area contributed by atoms with Crippen molar-refractivity contribution in [3.63, 3.8) is 0 Å². The summed E-state index contributed by atoms with van der Waals surface area (Å²) in [6, 6.07) is 25.1. The molecule has 0 N–H and O–H groups in total. The topological polar surface area (TPSA) is 59.2 Å². The lowest BCUT2D eigenvalue weighted by Crippen LogP contribution is -2.33. The fourth-order valence-corrected chi connectivity index (χ4v) is 3.00. The average Bonchev–Trinajstić information content (AvgIpc) is 3.26. The highest BCUT2D eigenvalue weighted by Crippen LogP contribution is 2.22. The molecule has 2 heterocycles. The van der Waals surface area contributed by atoms with E-state index in [4.69, 9.17) is 4.52 Å². The highest BCUT2D eigenvalue weighted by Gasteiger charge is 2.22. The van der Waals surface area contributed by atoms with Gasteiger partial charge in [0, 0.05) is 36.3 Å². The highest BCUT2D eigenvalue weighted by atomic mass is 16.5. The smallest absolute Gasteiger partial charge is 0.280 e. The summed E-state index contributed by atoms with van der Waals surface area (Å²) in [6.45, 7) is 0.544. The average molecular weight is 369 g/mol. The summed E-state index contributed by atoms with van der Waals surface area (Å²) < 4.78 is 5.38. The molecule has 5 nitrogen and oxygen atoms in total. The quantitative estimate of drug-likeness (QED) is 0.497. The van der Waals surface area contributed by atoms with E-state index in [2.05, 4.69) is 22.3 Å². The van der Waals surface area contributed by atoms with Gasteiger partial charge in [-0.05, 0) is 36.2 Å². The molecule has 1 amide bonds. The molecule has 5 heteroatoms. The lowest BCUT2D eigenvalue weighted by molar-refractivity contribution is 0.0978.